The predicted molar refractivity (Wildman–Crippen MR) is 45.8 cm³/mol. The van der Waals surface area contributed by atoms with E-state index in [0.29, 0.717) is 0 Å². The third-order valence-corrected chi connectivity index (χ3v) is 1.68. The van der Waals surface area contributed by atoms with E-state index in [2.05, 4.69) is 9.72 Å². The van der Waals surface area contributed by atoms with Crippen LogP contribution < -0.4 is 0 Å². The largest absolute Gasteiger partial charge is 0.469 e. The number of ether oxygens (including phenoxy) is 1. The smallest absolute Gasteiger partial charge is 0.308 e. The van der Waals surface area contributed by atoms with Gasteiger partial charge in [0.1, 0.15) is 11.9 Å². The Kier molecular flexibility index (Phi) is 3.53. The number of esters is 1. The number of carbonyl (C=O) groups excluding carboxylic acids is 1. The molecule has 0 amide bonds. The van der Waals surface area contributed by atoms with Gasteiger partial charge in [0, 0.05) is 0 Å². The molecule has 1 aromatic rings. The van der Waals surface area contributed by atoms with Crippen molar-refractivity contribution in [3.05, 3.63) is 29.8 Å². The topological polar surface area (TPSA) is 59.4 Å². The first-order chi connectivity index (χ1) is 6.63. The van der Waals surface area contributed by atoms with E-state index < -0.39 is 17.9 Å². The van der Waals surface area contributed by atoms with Crippen LogP contribution in [-0.4, -0.2) is 23.2 Å². The molecule has 0 saturated heterocycles. The minimum atomic E-state index is -1.05. The van der Waals surface area contributed by atoms with Crippen LogP contribution in [0.2, 0.25) is 0 Å². The summed E-state index contributed by atoms with van der Waals surface area (Å²) < 4.78 is 16.8. The molecule has 1 rings (SSSR count). The van der Waals surface area contributed by atoms with Crippen molar-refractivity contribution in [2.24, 2.45) is 0 Å². The fraction of sp³-hybridized carbons (Fsp3) is 0.333. The number of hydrogen-bond acceptors (Lipinski definition) is 4. The average molecular weight is 199 g/mol. The van der Waals surface area contributed by atoms with E-state index in [9.17, 15) is 14.3 Å². The Morgan fingerprint density at radius 2 is 2.43 bits per heavy atom. The number of aliphatic hydroxyl groups is 1. The highest BCUT2D eigenvalue weighted by Gasteiger charge is 2.14. The van der Waals surface area contributed by atoms with E-state index in [1.54, 1.807) is 0 Å². The van der Waals surface area contributed by atoms with Crippen LogP contribution in [0.5, 0.6) is 0 Å². The zero-order valence-corrected chi connectivity index (χ0v) is 7.61. The second kappa shape index (κ2) is 4.66. The SMILES string of the molecule is COC(=O)C[C@H](O)c1ccc(F)cn1. The number of hydrogen-bond donors (Lipinski definition) is 1. The van der Waals surface area contributed by atoms with Crippen molar-refractivity contribution in [3.8, 4) is 0 Å². The second-order valence-electron chi connectivity index (χ2n) is 2.70. The lowest BCUT2D eigenvalue weighted by Crippen LogP contribution is -2.09. The van der Waals surface area contributed by atoms with Gasteiger partial charge in [-0.2, -0.15) is 0 Å². The van der Waals surface area contributed by atoms with Crippen LogP contribution in [-0.2, 0) is 9.53 Å². The summed E-state index contributed by atoms with van der Waals surface area (Å²) in [6.07, 6.45) is -0.256. The van der Waals surface area contributed by atoms with E-state index in [1.807, 2.05) is 0 Å². The van der Waals surface area contributed by atoms with Crippen LogP contribution in [0.15, 0.2) is 18.3 Å². The molecule has 0 aliphatic carbocycles. The van der Waals surface area contributed by atoms with Gasteiger partial charge in [-0.25, -0.2) is 4.39 Å². The molecule has 0 aliphatic heterocycles. The van der Waals surface area contributed by atoms with Crippen molar-refractivity contribution in [2.45, 2.75) is 12.5 Å². The average Bonchev–Trinajstić information content (AvgIpc) is 2.18. The highest BCUT2D eigenvalue weighted by molar-refractivity contribution is 5.69. The summed E-state index contributed by atoms with van der Waals surface area (Å²) in [5, 5.41) is 9.43. The van der Waals surface area contributed by atoms with Gasteiger partial charge >= 0.3 is 5.97 Å². The zero-order valence-electron chi connectivity index (χ0n) is 7.61. The number of pyridine rings is 1. The van der Waals surface area contributed by atoms with Gasteiger partial charge < -0.3 is 9.84 Å². The Morgan fingerprint density at radius 1 is 1.71 bits per heavy atom. The van der Waals surface area contributed by atoms with Gasteiger partial charge in [0.15, 0.2) is 0 Å². The van der Waals surface area contributed by atoms with Crippen LogP contribution in [0, 0.1) is 5.82 Å². The molecule has 0 unspecified atom stereocenters. The number of halogens is 1. The number of nitrogens with zero attached hydrogens (tertiary/aromatic N) is 1. The Hall–Kier alpha value is -1.49. The molecule has 14 heavy (non-hydrogen) atoms. The molecule has 0 aromatic carbocycles. The van der Waals surface area contributed by atoms with Gasteiger partial charge in [-0.15, -0.1) is 0 Å². The zero-order chi connectivity index (χ0) is 10.6. The lowest BCUT2D eigenvalue weighted by Gasteiger charge is -2.07. The minimum Gasteiger partial charge on any atom is -0.469 e. The van der Waals surface area contributed by atoms with Crippen LogP contribution in [0.4, 0.5) is 4.39 Å². The fourth-order valence-corrected chi connectivity index (χ4v) is 0.930. The van der Waals surface area contributed by atoms with Crippen molar-refractivity contribution in [1.29, 1.82) is 0 Å². The summed E-state index contributed by atoms with van der Waals surface area (Å²) >= 11 is 0. The standard InChI is InChI=1S/C9H10FNO3/c1-14-9(13)4-8(12)7-3-2-6(10)5-11-7/h2-3,5,8,12H,4H2,1H3/t8-/m0/s1. The Morgan fingerprint density at radius 3 is 2.93 bits per heavy atom. The molecule has 1 heterocycles. The van der Waals surface area contributed by atoms with Crippen molar-refractivity contribution >= 4 is 5.97 Å². The number of aliphatic hydroxyl groups excluding tert-OH is 1. The van der Waals surface area contributed by atoms with Crippen molar-refractivity contribution in [1.82, 2.24) is 4.98 Å². The monoisotopic (exact) mass is 199 g/mol. The molecular formula is C9H10FNO3. The van der Waals surface area contributed by atoms with E-state index in [-0.39, 0.29) is 12.1 Å². The quantitative estimate of drug-likeness (QED) is 0.732. The third kappa shape index (κ3) is 2.77. The summed E-state index contributed by atoms with van der Waals surface area (Å²) in [6, 6.07) is 2.49. The van der Waals surface area contributed by atoms with Crippen LogP contribution >= 0.6 is 0 Å². The highest BCUT2D eigenvalue weighted by Crippen LogP contribution is 2.14. The molecule has 1 N–H and O–H groups in total. The van der Waals surface area contributed by atoms with E-state index in [0.717, 1.165) is 6.20 Å². The van der Waals surface area contributed by atoms with Crippen LogP contribution in [0.25, 0.3) is 0 Å². The van der Waals surface area contributed by atoms with E-state index in [4.69, 9.17) is 0 Å². The second-order valence-corrected chi connectivity index (χ2v) is 2.70. The Balaban J connectivity index is 2.65. The number of methoxy groups -OCH3 is 1. The summed E-state index contributed by atoms with van der Waals surface area (Å²) in [6.45, 7) is 0. The molecule has 76 valence electrons. The number of carbonyl (C=O) groups is 1. The molecule has 0 saturated carbocycles. The molecule has 0 fully saturated rings. The number of aromatic nitrogens is 1. The first kappa shape index (κ1) is 10.6. The van der Waals surface area contributed by atoms with Crippen molar-refractivity contribution in [3.63, 3.8) is 0 Å². The van der Waals surface area contributed by atoms with Gasteiger partial charge in [-0.05, 0) is 12.1 Å². The lowest BCUT2D eigenvalue weighted by atomic mass is 10.2. The normalized spacial score (nSPS) is 12.2. The Bertz CT molecular complexity index is 312. The molecule has 4 nitrogen and oxygen atoms in total. The molecule has 0 spiro atoms. The van der Waals surface area contributed by atoms with E-state index in [1.165, 1.54) is 19.2 Å². The highest BCUT2D eigenvalue weighted by atomic mass is 19.1. The summed E-state index contributed by atoms with van der Waals surface area (Å²) in [4.78, 5) is 14.4. The van der Waals surface area contributed by atoms with Gasteiger partial charge in [-0.1, -0.05) is 0 Å². The molecule has 0 bridgehead atoms. The summed E-state index contributed by atoms with van der Waals surface area (Å²) in [5.41, 5.74) is 0.247. The predicted octanol–water partition coefficient (Wildman–Crippen LogP) is 0.817. The number of rotatable bonds is 3. The third-order valence-electron chi connectivity index (χ3n) is 1.68. The lowest BCUT2D eigenvalue weighted by molar-refractivity contribution is -0.142. The van der Waals surface area contributed by atoms with Gasteiger partial charge in [0.05, 0.1) is 25.4 Å². The molecule has 1 aromatic heterocycles. The van der Waals surface area contributed by atoms with Crippen LogP contribution in [0.3, 0.4) is 0 Å². The van der Waals surface area contributed by atoms with Gasteiger partial charge in [0.25, 0.3) is 0 Å². The molecule has 0 aliphatic rings. The van der Waals surface area contributed by atoms with E-state index >= 15 is 0 Å². The molecular weight excluding hydrogens is 189 g/mol. The first-order valence-corrected chi connectivity index (χ1v) is 4.00. The van der Waals surface area contributed by atoms with Crippen LogP contribution in [0.1, 0.15) is 18.2 Å². The molecule has 5 heteroatoms. The fourth-order valence-electron chi connectivity index (χ4n) is 0.930. The van der Waals surface area contributed by atoms with Gasteiger partial charge in [-0.3, -0.25) is 9.78 Å². The maximum Gasteiger partial charge on any atom is 0.308 e. The first-order valence-electron chi connectivity index (χ1n) is 4.00. The maximum atomic E-state index is 12.4. The van der Waals surface area contributed by atoms with Crippen molar-refractivity contribution in [2.75, 3.05) is 7.11 Å². The van der Waals surface area contributed by atoms with Gasteiger partial charge in [0.2, 0.25) is 0 Å². The summed E-state index contributed by atoms with van der Waals surface area (Å²) in [5.74, 6) is -1.03. The van der Waals surface area contributed by atoms with Crippen molar-refractivity contribution < 1.29 is 19.0 Å². The minimum absolute atomic E-state index is 0.185. The Labute approximate surface area is 80.3 Å². The molecule has 1 atom stereocenters. The maximum absolute atomic E-state index is 12.4. The molecule has 0 radical (unpaired) electrons. The summed E-state index contributed by atoms with van der Waals surface area (Å²) in [7, 11) is 1.23.